The molecule has 1 N–H and O–H groups in total. The zero-order valence-corrected chi connectivity index (χ0v) is 24.8. The number of benzene rings is 2. The third-order valence-electron chi connectivity index (χ3n) is 8.31. The van der Waals surface area contributed by atoms with Crippen molar-refractivity contribution in [1.82, 2.24) is 44.6 Å². The van der Waals surface area contributed by atoms with Crippen LogP contribution in [-0.4, -0.2) is 57.7 Å². The number of likely N-dealkylation sites (tertiary alicyclic amines) is 1. The number of aromatic amines is 1. The number of H-pyrrole nitrogens is 1. The molecule has 45 heavy (non-hydrogen) atoms. The van der Waals surface area contributed by atoms with Gasteiger partial charge in [-0.05, 0) is 63.0 Å². The van der Waals surface area contributed by atoms with E-state index in [4.69, 9.17) is 4.98 Å². The van der Waals surface area contributed by atoms with Crippen LogP contribution in [0.25, 0.3) is 39.7 Å². The summed E-state index contributed by atoms with van der Waals surface area (Å²) in [4.78, 5) is 20.4. The van der Waals surface area contributed by atoms with Crippen LogP contribution >= 0.6 is 0 Å². The van der Waals surface area contributed by atoms with Crippen molar-refractivity contribution < 1.29 is 13.2 Å². The largest absolute Gasteiger partial charge is 0.416 e. The van der Waals surface area contributed by atoms with E-state index in [1.807, 2.05) is 32.0 Å². The standard InChI is InChI=1S/C33H30F3N9/c1-20-28(23-6-4-3-5-7-23)29(39-32-38-21(2)43-45(20)32)24-10-8-22(9-11-24)19-44-16-13-25(14-17-44)30-40-31(42-41-30)27-18-26(12-15-37-27)33(34,35)36/h3-12,15,18,25H,13-14,16-17,19H2,1-2H3,(H,40,41,42). The van der Waals surface area contributed by atoms with Crippen LogP contribution in [0.5, 0.6) is 0 Å². The zero-order chi connectivity index (χ0) is 31.1. The predicted molar refractivity (Wildman–Crippen MR) is 163 cm³/mol. The third-order valence-corrected chi connectivity index (χ3v) is 8.31. The Morgan fingerprint density at radius 2 is 1.64 bits per heavy atom. The monoisotopic (exact) mass is 609 g/mol. The second kappa shape index (κ2) is 11.5. The second-order valence-electron chi connectivity index (χ2n) is 11.4. The lowest BCUT2D eigenvalue weighted by Crippen LogP contribution is -2.32. The number of alkyl halides is 3. The van der Waals surface area contributed by atoms with Crippen molar-refractivity contribution in [2.24, 2.45) is 0 Å². The topological polar surface area (TPSA) is 101 Å². The minimum absolute atomic E-state index is 0.126. The van der Waals surface area contributed by atoms with Crippen LogP contribution in [-0.2, 0) is 12.7 Å². The van der Waals surface area contributed by atoms with E-state index >= 15 is 0 Å². The number of rotatable bonds is 6. The van der Waals surface area contributed by atoms with Crippen molar-refractivity contribution in [2.75, 3.05) is 13.1 Å². The normalized spacial score (nSPS) is 14.8. The Morgan fingerprint density at radius 3 is 2.38 bits per heavy atom. The maximum Gasteiger partial charge on any atom is 0.416 e. The molecule has 0 bridgehead atoms. The van der Waals surface area contributed by atoms with Gasteiger partial charge in [0.15, 0.2) is 11.6 Å². The van der Waals surface area contributed by atoms with Crippen molar-refractivity contribution >= 4 is 5.78 Å². The average molecular weight is 610 g/mol. The molecule has 0 saturated carbocycles. The van der Waals surface area contributed by atoms with Crippen molar-refractivity contribution in [3.63, 3.8) is 0 Å². The number of aryl methyl sites for hydroxylation is 2. The fraction of sp³-hybridized carbons (Fsp3) is 0.273. The van der Waals surface area contributed by atoms with Crippen LogP contribution in [0.3, 0.4) is 0 Å². The summed E-state index contributed by atoms with van der Waals surface area (Å²) in [5.74, 6) is 2.25. The van der Waals surface area contributed by atoms with E-state index in [1.165, 1.54) is 5.56 Å². The Kier molecular flexibility index (Phi) is 7.36. The Hall–Kier alpha value is -4.97. The lowest BCUT2D eigenvalue weighted by molar-refractivity contribution is -0.137. The molecule has 1 saturated heterocycles. The quantitative estimate of drug-likeness (QED) is 0.226. The molecule has 0 unspecified atom stereocenters. The van der Waals surface area contributed by atoms with Gasteiger partial charge in [-0.25, -0.2) is 14.5 Å². The summed E-state index contributed by atoms with van der Waals surface area (Å²) in [5, 5.41) is 11.6. The molecule has 9 nitrogen and oxygen atoms in total. The molecule has 228 valence electrons. The SMILES string of the molecule is Cc1nc2nc(-c3ccc(CN4CCC(c5n[nH]c(-c6cc(C(F)(F)F)ccn6)n5)CC4)cc3)c(-c3ccccc3)c(C)n2n1. The second-order valence-corrected chi connectivity index (χ2v) is 11.4. The molecule has 7 rings (SSSR count). The van der Waals surface area contributed by atoms with Gasteiger partial charge in [0, 0.05) is 29.8 Å². The zero-order valence-electron chi connectivity index (χ0n) is 24.8. The third kappa shape index (κ3) is 5.80. The van der Waals surface area contributed by atoms with Crippen LogP contribution in [0.4, 0.5) is 13.2 Å². The Morgan fingerprint density at radius 1 is 0.889 bits per heavy atom. The first-order valence-electron chi connectivity index (χ1n) is 14.8. The summed E-state index contributed by atoms with van der Waals surface area (Å²) in [6.45, 7) is 6.45. The van der Waals surface area contributed by atoms with Crippen LogP contribution in [0.2, 0.25) is 0 Å². The number of hydrogen-bond acceptors (Lipinski definition) is 7. The van der Waals surface area contributed by atoms with Gasteiger partial charge >= 0.3 is 6.18 Å². The molecule has 0 radical (unpaired) electrons. The van der Waals surface area contributed by atoms with Gasteiger partial charge in [0.1, 0.15) is 11.5 Å². The van der Waals surface area contributed by atoms with E-state index in [2.05, 4.69) is 71.5 Å². The summed E-state index contributed by atoms with van der Waals surface area (Å²) in [6.07, 6.45) is -1.60. The minimum Gasteiger partial charge on any atom is -0.299 e. The van der Waals surface area contributed by atoms with E-state index in [9.17, 15) is 13.2 Å². The van der Waals surface area contributed by atoms with E-state index in [0.717, 1.165) is 78.9 Å². The summed E-state index contributed by atoms with van der Waals surface area (Å²) < 4.78 is 41.2. The molecular weight excluding hydrogens is 579 g/mol. The molecule has 4 aromatic heterocycles. The molecular formula is C33H30F3N9. The molecule has 0 atom stereocenters. The van der Waals surface area contributed by atoms with Crippen LogP contribution in [0.15, 0.2) is 72.9 Å². The van der Waals surface area contributed by atoms with Crippen molar-refractivity contribution in [1.29, 1.82) is 0 Å². The Balaban J connectivity index is 1.04. The van der Waals surface area contributed by atoms with E-state index in [-0.39, 0.29) is 17.4 Å². The minimum atomic E-state index is -4.44. The molecule has 12 heteroatoms. The number of fused-ring (bicyclic) bond motifs is 1. The number of nitrogens with zero attached hydrogens (tertiary/aromatic N) is 8. The van der Waals surface area contributed by atoms with Gasteiger partial charge in [-0.3, -0.25) is 15.0 Å². The molecule has 0 spiro atoms. The smallest absolute Gasteiger partial charge is 0.299 e. The van der Waals surface area contributed by atoms with Gasteiger partial charge in [-0.15, -0.1) is 0 Å². The van der Waals surface area contributed by atoms with Crippen LogP contribution < -0.4 is 0 Å². The van der Waals surface area contributed by atoms with Gasteiger partial charge in [0.2, 0.25) is 0 Å². The maximum atomic E-state index is 13.1. The van der Waals surface area contributed by atoms with E-state index in [1.54, 1.807) is 4.52 Å². The Bertz CT molecular complexity index is 1960. The molecule has 1 aliphatic heterocycles. The highest BCUT2D eigenvalue weighted by Gasteiger charge is 2.31. The highest BCUT2D eigenvalue weighted by molar-refractivity contribution is 5.83. The first-order valence-corrected chi connectivity index (χ1v) is 14.8. The number of aromatic nitrogens is 8. The molecule has 2 aromatic carbocycles. The summed E-state index contributed by atoms with van der Waals surface area (Å²) >= 11 is 0. The van der Waals surface area contributed by atoms with Gasteiger partial charge in [-0.1, -0.05) is 54.6 Å². The first-order chi connectivity index (χ1) is 21.7. The number of piperidine rings is 1. The number of pyridine rings is 1. The summed E-state index contributed by atoms with van der Waals surface area (Å²) in [6, 6.07) is 20.7. The lowest BCUT2D eigenvalue weighted by atomic mass is 9.95. The lowest BCUT2D eigenvalue weighted by Gasteiger charge is -2.30. The van der Waals surface area contributed by atoms with Crippen molar-refractivity contribution in [2.45, 2.75) is 45.3 Å². The first kappa shape index (κ1) is 28.8. The Labute approximate surface area is 257 Å². The van der Waals surface area contributed by atoms with Gasteiger partial charge in [0.05, 0.1) is 17.0 Å². The molecule has 1 aliphatic rings. The fourth-order valence-corrected chi connectivity index (χ4v) is 5.98. The van der Waals surface area contributed by atoms with Crippen molar-refractivity contribution in [3.8, 4) is 33.9 Å². The predicted octanol–water partition coefficient (Wildman–Crippen LogP) is 6.65. The molecule has 6 aromatic rings. The van der Waals surface area contributed by atoms with E-state index < -0.39 is 11.7 Å². The highest BCUT2D eigenvalue weighted by Crippen LogP contribution is 2.35. The molecule has 0 amide bonds. The van der Waals surface area contributed by atoms with Crippen LogP contribution in [0, 0.1) is 13.8 Å². The number of halogens is 3. The van der Waals surface area contributed by atoms with Gasteiger partial charge in [-0.2, -0.15) is 28.4 Å². The summed E-state index contributed by atoms with van der Waals surface area (Å²) in [7, 11) is 0. The fourth-order valence-electron chi connectivity index (χ4n) is 5.98. The van der Waals surface area contributed by atoms with Gasteiger partial charge in [0.25, 0.3) is 5.78 Å². The molecule has 1 fully saturated rings. The van der Waals surface area contributed by atoms with Crippen molar-refractivity contribution in [3.05, 3.63) is 101 Å². The summed E-state index contributed by atoms with van der Waals surface area (Å²) in [5.41, 5.74) is 5.54. The number of hydrogen-bond donors (Lipinski definition) is 1. The van der Waals surface area contributed by atoms with Crippen LogP contribution in [0.1, 0.15) is 47.2 Å². The number of nitrogens with one attached hydrogen (secondary N) is 1. The van der Waals surface area contributed by atoms with Gasteiger partial charge < -0.3 is 0 Å². The maximum absolute atomic E-state index is 13.1. The highest BCUT2D eigenvalue weighted by atomic mass is 19.4. The van der Waals surface area contributed by atoms with E-state index in [0.29, 0.717) is 17.4 Å². The average Bonchev–Trinajstić information content (AvgIpc) is 3.69. The molecule has 0 aliphatic carbocycles. The molecule has 5 heterocycles.